The Hall–Kier alpha value is -2.62. The highest BCUT2D eigenvalue weighted by atomic mass is 16.6. The van der Waals surface area contributed by atoms with Gasteiger partial charge in [0.15, 0.2) is 0 Å². The lowest BCUT2D eigenvalue weighted by molar-refractivity contribution is -0.402. The molecule has 1 rings (SSSR count). The number of rotatable bonds is 4. The summed E-state index contributed by atoms with van der Waals surface area (Å²) in [4.78, 5) is 21.1. The fourth-order valence-corrected chi connectivity index (χ4v) is 1.07. The molecular weight excluding hydrogens is 240 g/mol. The van der Waals surface area contributed by atoms with Crippen LogP contribution < -0.4 is 0 Å². The summed E-state index contributed by atoms with van der Waals surface area (Å²) in [6.45, 7) is 3.29. The number of hydrogen-bond acceptors (Lipinski definition) is 6. The predicted molar refractivity (Wildman–Crippen MR) is 60.2 cm³/mol. The van der Waals surface area contributed by atoms with Crippen molar-refractivity contribution in [2.45, 2.75) is 20.0 Å². The molecule has 0 aliphatic rings. The van der Waals surface area contributed by atoms with Crippen LogP contribution in [0.15, 0.2) is 22.1 Å². The molecule has 0 aliphatic heterocycles. The number of hydrogen-bond donors (Lipinski definition) is 0. The summed E-state index contributed by atoms with van der Waals surface area (Å²) in [5.74, 6) is -1.22. The van der Waals surface area contributed by atoms with E-state index in [-0.39, 0.29) is 17.4 Å². The third-order valence-electron chi connectivity index (χ3n) is 1.76. The average molecular weight is 250 g/mol. The number of nitrogens with zero attached hydrogens (tertiary/aromatic N) is 2. The van der Waals surface area contributed by atoms with Crippen LogP contribution in [0.1, 0.15) is 19.6 Å². The molecule has 0 aromatic carbocycles. The van der Waals surface area contributed by atoms with Gasteiger partial charge in [0.05, 0.1) is 12.2 Å². The zero-order chi connectivity index (χ0) is 13.7. The van der Waals surface area contributed by atoms with Gasteiger partial charge in [-0.15, -0.1) is 0 Å². The molecule has 0 saturated carbocycles. The molecule has 0 aliphatic carbocycles. The number of nitriles is 1. The predicted octanol–water partition coefficient (Wildman–Crippen LogP) is 2.05. The highest BCUT2D eigenvalue weighted by Gasteiger charge is 2.15. The van der Waals surface area contributed by atoms with Gasteiger partial charge in [0.1, 0.15) is 22.3 Å². The van der Waals surface area contributed by atoms with Gasteiger partial charge in [0, 0.05) is 6.08 Å². The Bertz CT molecular complexity index is 536. The molecular formula is C11H10N2O5. The van der Waals surface area contributed by atoms with E-state index in [9.17, 15) is 14.9 Å². The largest absolute Gasteiger partial charge is 0.459 e. The Balaban J connectivity index is 2.94. The molecule has 0 atom stereocenters. The number of carbonyl (C=O) groups is 1. The molecule has 0 unspecified atom stereocenters. The second-order valence-electron chi connectivity index (χ2n) is 3.56. The Morgan fingerprint density at radius 2 is 2.28 bits per heavy atom. The second kappa shape index (κ2) is 5.63. The molecule has 0 fully saturated rings. The first-order chi connectivity index (χ1) is 8.43. The molecule has 0 spiro atoms. The van der Waals surface area contributed by atoms with Gasteiger partial charge in [-0.2, -0.15) is 5.26 Å². The number of ether oxygens (including phenoxy) is 1. The van der Waals surface area contributed by atoms with Crippen molar-refractivity contribution in [3.8, 4) is 6.07 Å². The van der Waals surface area contributed by atoms with E-state index in [1.165, 1.54) is 6.07 Å². The molecule has 7 nitrogen and oxygen atoms in total. The van der Waals surface area contributed by atoms with Gasteiger partial charge in [-0.05, 0) is 19.9 Å². The fourth-order valence-electron chi connectivity index (χ4n) is 1.07. The summed E-state index contributed by atoms with van der Waals surface area (Å²) in [5, 5.41) is 19.2. The summed E-state index contributed by atoms with van der Waals surface area (Å²) >= 11 is 0. The standard InChI is InChI=1S/C11H10N2O5/c1-7(2)17-11(14)8(6-12)5-9-3-4-10(18-9)13(15)16/h3-5,7H,1-2H3. The molecule has 94 valence electrons. The molecule has 0 saturated heterocycles. The number of furan rings is 1. The van der Waals surface area contributed by atoms with E-state index in [2.05, 4.69) is 0 Å². The molecule has 1 heterocycles. The summed E-state index contributed by atoms with van der Waals surface area (Å²) in [6.07, 6.45) is 0.734. The van der Waals surface area contributed by atoms with Crippen molar-refractivity contribution >= 4 is 17.9 Å². The topological polar surface area (TPSA) is 106 Å². The lowest BCUT2D eigenvalue weighted by Crippen LogP contribution is -2.12. The van der Waals surface area contributed by atoms with Gasteiger partial charge in [0.25, 0.3) is 0 Å². The van der Waals surface area contributed by atoms with Crippen molar-refractivity contribution in [1.29, 1.82) is 5.26 Å². The van der Waals surface area contributed by atoms with Crippen LogP contribution in [0.25, 0.3) is 6.08 Å². The van der Waals surface area contributed by atoms with E-state index < -0.39 is 16.8 Å². The van der Waals surface area contributed by atoms with Crippen molar-refractivity contribution in [3.05, 3.63) is 33.6 Å². The maximum Gasteiger partial charge on any atom is 0.433 e. The van der Waals surface area contributed by atoms with E-state index in [1.54, 1.807) is 19.9 Å². The lowest BCUT2D eigenvalue weighted by atomic mass is 10.2. The molecule has 0 N–H and O–H groups in total. The van der Waals surface area contributed by atoms with Gasteiger partial charge < -0.3 is 9.15 Å². The molecule has 0 amide bonds. The van der Waals surface area contributed by atoms with E-state index in [0.717, 1.165) is 12.1 Å². The zero-order valence-electron chi connectivity index (χ0n) is 9.75. The number of nitro groups is 1. The summed E-state index contributed by atoms with van der Waals surface area (Å²) in [6, 6.07) is 4.07. The molecule has 0 bridgehead atoms. The zero-order valence-corrected chi connectivity index (χ0v) is 9.75. The first kappa shape index (κ1) is 13.4. The molecule has 1 aromatic heterocycles. The van der Waals surface area contributed by atoms with Gasteiger partial charge >= 0.3 is 11.9 Å². The first-order valence-corrected chi connectivity index (χ1v) is 5.01. The van der Waals surface area contributed by atoms with E-state index in [0.29, 0.717) is 0 Å². The van der Waals surface area contributed by atoms with Crippen LogP contribution >= 0.6 is 0 Å². The van der Waals surface area contributed by atoms with Crippen molar-refractivity contribution in [3.63, 3.8) is 0 Å². The minimum absolute atomic E-state index is 0.0407. The fraction of sp³-hybridized carbons (Fsp3) is 0.273. The van der Waals surface area contributed by atoms with Crippen LogP contribution in [0.3, 0.4) is 0 Å². The van der Waals surface area contributed by atoms with Crippen LogP contribution in [0.5, 0.6) is 0 Å². The Kier molecular flexibility index (Phi) is 4.21. The summed E-state index contributed by atoms with van der Waals surface area (Å²) in [7, 11) is 0. The van der Waals surface area contributed by atoms with Crippen LogP contribution in [0.4, 0.5) is 5.88 Å². The maximum atomic E-state index is 11.4. The molecule has 7 heteroatoms. The molecule has 18 heavy (non-hydrogen) atoms. The second-order valence-corrected chi connectivity index (χ2v) is 3.56. The Labute approximate surface area is 102 Å². The highest BCUT2D eigenvalue weighted by molar-refractivity contribution is 5.97. The van der Waals surface area contributed by atoms with Crippen molar-refractivity contribution < 1.29 is 18.9 Å². The normalized spacial score (nSPS) is 11.1. The SMILES string of the molecule is CC(C)OC(=O)C(C#N)=Cc1ccc([N+](=O)[O-])o1. The van der Waals surface area contributed by atoms with Crippen molar-refractivity contribution in [1.82, 2.24) is 0 Å². The number of esters is 1. The third kappa shape index (κ3) is 3.45. The minimum Gasteiger partial charge on any atom is -0.459 e. The third-order valence-corrected chi connectivity index (χ3v) is 1.76. The summed E-state index contributed by atoms with van der Waals surface area (Å²) in [5.41, 5.74) is -0.284. The van der Waals surface area contributed by atoms with Crippen LogP contribution in [0, 0.1) is 21.4 Å². The van der Waals surface area contributed by atoms with Crippen LogP contribution in [-0.2, 0) is 9.53 Å². The van der Waals surface area contributed by atoms with Crippen LogP contribution in [-0.4, -0.2) is 17.0 Å². The van der Waals surface area contributed by atoms with E-state index in [4.69, 9.17) is 14.4 Å². The van der Waals surface area contributed by atoms with Gasteiger partial charge in [0.2, 0.25) is 0 Å². The Morgan fingerprint density at radius 3 is 2.72 bits per heavy atom. The van der Waals surface area contributed by atoms with Crippen molar-refractivity contribution in [2.75, 3.05) is 0 Å². The first-order valence-electron chi connectivity index (χ1n) is 5.01. The molecule has 1 aromatic rings. The van der Waals surface area contributed by atoms with Gasteiger partial charge in [-0.25, -0.2) is 4.79 Å². The maximum absolute atomic E-state index is 11.4. The smallest absolute Gasteiger partial charge is 0.433 e. The van der Waals surface area contributed by atoms with E-state index >= 15 is 0 Å². The summed E-state index contributed by atoms with van der Waals surface area (Å²) < 4.78 is 9.62. The Morgan fingerprint density at radius 1 is 1.61 bits per heavy atom. The molecule has 0 radical (unpaired) electrons. The number of carbonyl (C=O) groups excluding carboxylic acids is 1. The minimum atomic E-state index is -0.799. The monoisotopic (exact) mass is 250 g/mol. The van der Waals surface area contributed by atoms with Crippen molar-refractivity contribution in [2.24, 2.45) is 0 Å². The van der Waals surface area contributed by atoms with E-state index in [1.807, 2.05) is 0 Å². The lowest BCUT2D eigenvalue weighted by Gasteiger charge is -2.05. The van der Waals surface area contributed by atoms with Gasteiger partial charge in [-0.3, -0.25) is 10.1 Å². The quantitative estimate of drug-likeness (QED) is 0.266. The average Bonchev–Trinajstić information content (AvgIpc) is 2.73. The van der Waals surface area contributed by atoms with Gasteiger partial charge in [-0.1, -0.05) is 0 Å². The highest BCUT2D eigenvalue weighted by Crippen LogP contribution is 2.18. The van der Waals surface area contributed by atoms with Crippen LogP contribution in [0.2, 0.25) is 0 Å².